The maximum Gasteiger partial charge on any atom is 0.228 e. The number of furan rings is 1. The van der Waals surface area contributed by atoms with Gasteiger partial charge in [0.1, 0.15) is 11.5 Å². The van der Waals surface area contributed by atoms with Crippen molar-refractivity contribution in [1.82, 2.24) is 0 Å². The van der Waals surface area contributed by atoms with Gasteiger partial charge in [0, 0.05) is 10.7 Å². The second-order valence-electron chi connectivity index (χ2n) is 4.57. The number of amides is 1. The number of nitrogens with one attached hydrogen (secondary N) is 1. The van der Waals surface area contributed by atoms with Gasteiger partial charge in [0.05, 0.1) is 11.2 Å². The lowest BCUT2D eigenvalue weighted by molar-refractivity contribution is -0.115. The van der Waals surface area contributed by atoms with E-state index >= 15 is 0 Å². The Labute approximate surface area is 124 Å². The standard InChI is InChI=1S/C14H11BrClNO2/c1-7-2-3-12(19-7)14(15)9-4-8-5-13(18)17-11(8)6-10(9)16/h2-4,6,14H,5H2,1H3,(H,17,18). The summed E-state index contributed by atoms with van der Waals surface area (Å²) in [6.07, 6.45) is 0.399. The molecular formula is C14H11BrClNO2. The molecule has 0 saturated heterocycles. The number of rotatable bonds is 2. The number of carbonyl (C=O) groups excluding carboxylic acids is 1. The Kier molecular flexibility index (Phi) is 3.15. The van der Waals surface area contributed by atoms with Crippen molar-refractivity contribution in [2.24, 2.45) is 0 Å². The van der Waals surface area contributed by atoms with Crippen LogP contribution in [-0.2, 0) is 11.2 Å². The van der Waals surface area contributed by atoms with Crippen LogP contribution in [0.2, 0.25) is 5.02 Å². The van der Waals surface area contributed by atoms with E-state index in [1.165, 1.54) is 0 Å². The summed E-state index contributed by atoms with van der Waals surface area (Å²) in [4.78, 5) is 11.3. The molecule has 2 heterocycles. The molecular weight excluding hydrogens is 330 g/mol. The number of carbonyl (C=O) groups is 1. The average molecular weight is 341 g/mol. The van der Waals surface area contributed by atoms with E-state index in [9.17, 15) is 4.79 Å². The van der Waals surface area contributed by atoms with Crippen LogP contribution in [0, 0.1) is 6.92 Å². The highest BCUT2D eigenvalue weighted by Gasteiger charge is 2.23. The van der Waals surface area contributed by atoms with E-state index in [0.717, 1.165) is 28.3 Å². The molecule has 1 N–H and O–H groups in total. The number of benzene rings is 1. The van der Waals surface area contributed by atoms with Crippen LogP contribution >= 0.6 is 27.5 Å². The third-order valence-corrected chi connectivity index (χ3v) is 4.40. The van der Waals surface area contributed by atoms with Crippen molar-refractivity contribution in [3.63, 3.8) is 0 Å². The van der Waals surface area contributed by atoms with Gasteiger partial charge in [-0.2, -0.15) is 0 Å². The zero-order chi connectivity index (χ0) is 13.6. The second kappa shape index (κ2) is 4.69. The largest absolute Gasteiger partial charge is 0.465 e. The molecule has 5 heteroatoms. The van der Waals surface area contributed by atoms with E-state index in [4.69, 9.17) is 16.0 Å². The molecule has 1 atom stereocenters. The smallest absolute Gasteiger partial charge is 0.228 e. The quantitative estimate of drug-likeness (QED) is 0.832. The van der Waals surface area contributed by atoms with E-state index in [0.29, 0.717) is 11.4 Å². The predicted molar refractivity (Wildman–Crippen MR) is 78.0 cm³/mol. The van der Waals surface area contributed by atoms with Crippen LogP contribution in [0.4, 0.5) is 5.69 Å². The highest BCUT2D eigenvalue weighted by molar-refractivity contribution is 9.09. The van der Waals surface area contributed by atoms with Gasteiger partial charge in [-0.15, -0.1) is 0 Å². The summed E-state index contributed by atoms with van der Waals surface area (Å²) in [5, 5.41) is 3.39. The molecule has 98 valence electrons. The van der Waals surface area contributed by atoms with Gasteiger partial charge in [0.25, 0.3) is 0 Å². The maximum atomic E-state index is 11.4. The summed E-state index contributed by atoms with van der Waals surface area (Å²) < 4.78 is 5.61. The normalized spacial score (nSPS) is 15.2. The van der Waals surface area contributed by atoms with E-state index in [2.05, 4.69) is 21.2 Å². The van der Waals surface area contributed by atoms with E-state index in [1.807, 2.05) is 25.1 Å². The fraction of sp³-hybridized carbons (Fsp3) is 0.214. The topological polar surface area (TPSA) is 42.2 Å². The Hall–Kier alpha value is -1.26. The molecule has 1 aliphatic heterocycles. The first-order valence-electron chi connectivity index (χ1n) is 5.87. The van der Waals surface area contributed by atoms with Crippen LogP contribution in [0.5, 0.6) is 0 Å². The predicted octanol–water partition coefficient (Wildman–Crippen LogP) is 4.22. The highest BCUT2D eigenvalue weighted by Crippen LogP contribution is 2.39. The van der Waals surface area contributed by atoms with Gasteiger partial charge >= 0.3 is 0 Å². The Balaban J connectivity index is 2.02. The van der Waals surface area contributed by atoms with Crippen molar-refractivity contribution in [1.29, 1.82) is 0 Å². The third-order valence-electron chi connectivity index (χ3n) is 3.13. The average Bonchev–Trinajstić information content (AvgIpc) is 2.92. The Morgan fingerprint density at radius 1 is 1.42 bits per heavy atom. The summed E-state index contributed by atoms with van der Waals surface area (Å²) in [7, 11) is 0. The van der Waals surface area contributed by atoms with Crippen molar-refractivity contribution in [3.05, 3.63) is 51.9 Å². The monoisotopic (exact) mass is 339 g/mol. The van der Waals surface area contributed by atoms with Gasteiger partial charge in [-0.1, -0.05) is 33.6 Å². The lowest BCUT2D eigenvalue weighted by Crippen LogP contribution is -2.03. The number of fused-ring (bicyclic) bond motifs is 1. The first kappa shape index (κ1) is 12.8. The summed E-state index contributed by atoms with van der Waals surface area (Å²) >= 11 is 9.88. The molecule has 1 aromatic carbocycles. The number of aryl methyl sites for hydroxylation is 1. The van der Waals surface area contributed by atoms with Crippen molar-refractivity contribution < 1.29 is 9.21 Å². The molecule has 0 fully saturated rings. The molecule has 0 spiro atoms. The molecule has 2 aromatic rings. The molecule has 0 bridgehead atoms. The maximum absolute atomic E-state index is 11.4. The van der Waals surface area contributed by atoms with Crippen LogP contribution in [0.25, 0.3) is 0 Å². The minimum Gasteiger partial charge on any atom is -0.465 e. The second-order valence-corrected chi connectivity index (χ2v) is 5.89. The first-order chi connectivity index (χ1) is 9.04. The fourth-order valence-electron chi connectivity index (χ4n) is 2.20. The summed E-state index contributed by atoms with van der Waals surface area (Å²) in [5.41, 5.74) is 2.68. The number of hydrogen-bond donors (Lipinski definition) is 1. The van der Waals surface area contributed by atoms with Gasteiger partial charge in [-0.25, -0.2) is 0 Å². The van der Waals surface area contributed by atoms with Crippen LogP contribution < -0.4 is 5.32 Å². The van der Waals surface area contributed by atoms with Gasteiger partial charge in [0.2, 0.25) is 5.91 Å². The zero-order valence-corrected chi connectivity index (χ0v) is 12.5. The molecule has 1 amide bonds. The van der Waals surface area contributed by atoms with Gasteiger partial charge in [0.15, 0.2) is 0 Å². The van der Waals surface area contributed by atoms with Crippen molar-refractivity contribution in [2.75, 3.05) is 5.32 Å². The van der Waals surface area contributed by atoms with Crippen LogP contribution in [-0.4, -0.2) is 5.91 Å². The Morgan fingerprint density at radius 2 is 2.21 bits per heavy atom. The van der Waals surface area contributed by atoms with E-state index < -0.39 is 0 Å². The SMILES string of the molecule is Cc1ccc(C(Br)c2cc3c(cc2Cl)NC(=O)C3)o1. The fourth-order valence-corrected chi connectivity index (χ4v) is 3.23. The minimum atomic E-state index is -0.116. The molecule has 0 radical (unpaired) electrons. The summed E-state index contributed by atoms with van der Waals surface area (Å²) in [6, 6.07) is 7.58. The number of halogens is 2. The molecule has 0 saturated carbocycles. The number of anilines is 1. The van der Waals surface area contributed by atoms with Crippen LogP contribution in [0.1, 0.15) is 27.5 Å². The number of hydrogen-bond acceptors (Lipinski definition) is 2. The molecule has 3 rings (SSSR count). The molecule has 1 unspecified atom stereocenters. The van der Waals surface area contributed by atoms with Gasteiger partial charge < -0.3 is 9.73 Å². The lowest BCUT2D eigenvalue weighted by Gasteiger charge is -2.11. The minimum absolute atomic E-state index is 0.00295. The van der Waals surface area contributed by atoms with Crippen LogP contribution in [0.15, 0.2) is 28.7 Å². The Bertz CT molecular complexity index is 665. The van der Waals surface area contributed by atoms with Gasteiger partial charge in [-0.3, -0.25) is 4.79 Å². The van der Waals surface area contributed by atoms with Crippen LogP contribution in [0.3, 0.4) is 0 Å². The van der Waals surface area contributed by atoms with Gasteiger partial charge in [-0.05, 0) is 36.2 Å². The first-order valence-corrected chi connectivity index (χ1v) is 7.16. The highest BCUT2D eigenvalue weighted by atomic mass is 79.9. The number of alkyl halides is 1. The Morgan fingerprint density at radius 3 is 2.89 bits per heavy atom. The molecule has 1 aliphatic rings. The van der Waals surface area contributed by atoms with E-state index in [1.54, 1.807) is 6.07 Å². The summed E-state index contributed by atoms with van der Waals surface area (Å²) in [6.45, 7) is 1.90. The van der Waals surface area contributed by atoms with Crippen molar-refractivity contribution >= 4 is 39.1 Å². The molecule has 0 aliphatic carbocycles. The third kappa shape index (κ3) is 2.30. The molecule has 1 aromatic heterocycles. The lowest BCUT2D eigenvalue weighted by atomic mass is 10.0. The van der Waals surface area contributed by atoms with E-state index in [-0.39, 0.29) is 10.7 Å². The zero-order valence-electron chi connectivity index (χ0n) is 10.2. The molecule has 19 heavy (non-hydrogen) atoms. The summed E-state index contributed by atoms with van der Waals surface area (Å²) in [5.74, 6) is 1.66. The van der Waals surface area contributed by atoms with Crippen molar-refractivity contribution in [3.8, 4) is 0 Å². The molecule has 3 nitrogen and oxygen atoms in total. The van der Waals surface area contributed by atoms with Crippen molar-refractivity contribution in [2.45, 2.75) is 18.2 Å².